The number of benzene rings is 1. The Morgan fingerprint density at radius 1 is 0.667 bits per heavy atom. The molecule has 7 heteroatoms. The minimum absolute atomic E-state index is 0.141. The van der Waals surface area contributed by atoms with Gasteiger partial charge in [-0.1, -0.05) is 12.1 Å². The number of nitrogens with zero attached hydrogens (tertiary/aromatic N) is 2. The summed E-state index contributed by atoms with van der Waals surface area (Å²) in [6, 6.07) is 7.46. The Labute approximate surface area is 141 Å². The molecule has 0 spiro atoms. The SMILES string of the molecule is O=C1CC(=O)N2CCOCCOCCOCCN1c1ccccc12. The van der Waals surface area contributed by atoms with Crippen LogP contribution in [-0.4, -0.2) is 64.5 Å². The van der Waals surface area contributed by atoms with Crippen LogP contribution in [0.3, 0.4) is 0 Å². The van der Waals surface area contributed by atoms with Crippen molar-refractivity contribution in [2.45, 2.75) is 6.42 Å². The van der Waals surface area contributed by atoms with Crippen LogP contribution in [0.15, 0.2) is 24.3 Å². The van der Waals surface area contributed by atoms with Gasteiger partial charge in [0.1, 0.15) is 6.42 Å². The van der Waals surface area contributed by atoms with Gasteiger partial charge in [-0.05, 0) is 12.1 Å². The molecule has 0 saturated heterocycles. The molecular formula is C17H22N2O5. The fraction of sp³-hybridized carbons (Fsp3) is 0.529. The predicted molar refractivity (Wildman–Crippen MR) is 88.2 cm³/mol. The summed E-state index contributed by atoms with van der Waals surface area (Å²) in [6.07, 6.45) is -0.141. The van der Waals surface area contributed by atoms with Crippen molar-refractivity contribution in [3.05, 3.63) is 24.3 Å². The van der Waals surface area contributed by atoms with Crippen molar-refractivity contribution in [2.24, 2.45) is 0 Å². The molecule has 1 aromatic carbocycles. The van der Waals surface area contributed by atoms with Crippen molar-refractivity contribution >= 4 is 23.2 Å². The lowest BCUT2D eigenvalue weighted by Crippen LogP contribution is -2.36. The van der Waals surface area contributed by atoms with E-state index in [0.29, 0.717) is 52.7 Å². The van der Waals surface area contributed by atoms with Crippen molar-refractivity contribution in [2.75, 3.05) is 62.5 Å². The van der Waals surface area contributed by atoms with Crippen molar-refractivity contribution in [1.82, 2.24) is 0 Å². The smallest absolute Gasteiger partial charge is 0.236 e. The molecule has 0 fully saturated rings. The second-order valence-electron chi connectivity index (χ2n) is 5.59. The molecule has 2 aliphatic heterocycles. The highest BCUT2D eigenvalue weighted by molar-refractivity contribution is 6.15. The predicted octanol–water partition coefficient (Wildman–Crippen LogP) is 0.820. The van der Waals surface area contributed by atoms with E-state index in [1.807, 2.05) is 24.3 Å². The summed E-state index contributed by atoms with van der Waals surface area (Å²) in [4.78, 5) is 28.3. The monoisotopic (exact) mass is 334 g/mol. The minimum atomic E-state index is -0.206. The molecule has 0 atom stereocenters. The molecule has 0 saturated carbocycles. The molecule has 130 valence electrons. The molecule has 24 heavy (non-hydrogen) atoms. The molecule has 1 aromatic rings. The summed E-state index contributed by atoms with van der Waals surface area (Å²) in [5.41, 5.74) is 1.48. The molecule has 0 aromatic heterocycles. The van der Waals surface area contributed by atoms with Crippen molar-refractivity contribution in [1.29, 1.82) is 0 Å². The van der Waals surface area contributed by atoms with E-state index in [1.54, 1.807) is 9.80 Å². The van der Waals surface area contributed by atoms with Crippen LogP contribution in [0.4, 0.5) is 11.4 Å². The van der Waals surface area contributed by atoms with Crippen LogP contribution in [0, 0.1) is 0 Å². The number of anilines is 2. The molecule has 0 radical (unpaired) electrons. The fourth-order valence-electron chi connectivity index (χ4n) is 2.85. The van der Waals surface area contributed by atoms with Gasteiger partial charge in [-0.2, -0.15) is 0 Å². The second-order valence-corrected chi connectivity index (χ2v) is 5.59. The lowest BCUT2D eigenvalue weighted by molar-refractivity contribution is -0.126. The third-order valence-electron chi connectivity index (χ3n) is 4.03. The molecule has 0 aliphatic carbocycles. The standard InChI is InChI=1S/C17H22N2O5/c20-16-13-17(21)19-6-8-23-10-12-24-11-9-22-7-5-18(16)14-3-1-2-4-15(14)19/h1-4H,5-13H2. The van der Waals surface area contributed by atoms with E-state index in [1.165, 1.54) is 0 Å². The number of hydrogen-bond acceptors (Lipinski definition) is 5. The van der Waals surface area contributed by atoms with E-state index in [2.05, 4.69) is 0 Å². The molecule has 2 amide bonds. The van der Waals surface area contributed by atoms with Gasteiger partial charge in [0.25, 0.3) is 0 Å². The van der Waals surface area contributed by atoms with Gasteiger partial charge in [0.15, 0.2) is 0 Å². The highest BCUT2D eigenvalue weighted by Crippen LogP contribution is 2.32. The quantitative estimate of drug-likeness (QED) is 0.657. The highest BCUT2D eigenvalue weighted by atomic mass is 16.5. The topological polar surface area (TPSA) is 68.3 Å². The Hall–Kier alpha value is -1.96. The number of amides is 2. The maximum Gasteiger partial charge on any atom is 0.236 e. The summed E-state index contributed by atoms with van der Waals surface area (Å²) in [6.45, 7) is 3.55. The number of para-hydroxylation sites is 2. The molecule has 3 rings (SSSR count). The first-order chi connectivity index (χ1) is 11.8. The van der Waals surface area contributed by atoms with Gasteiger partial charge in [0.05, 0.1) is 51.0 Å². The number of hydrogen-bond donors (Lipinski definition) is 0. The largest absolute Gasteiger partial charge is 0.377 e. The zero-order chi connectivity index (χ0) is 16.8. The van der Waals surface area contributed by atoms with Crippen molar-refractivity contribution in [3.63, 3.8) is 0 Å². The van der Waals surface area contributed by atoms with Crippen LogP contribution in [0.1, 0.15) is 6.42 Å². The molecule has 2 heterocycles. The molecule has 0 N–H and O–H groups in total. The van der Waals surface area contributed by atoms with Crippen LogP contribution in [0.2, 0.25) is 0 Å². The maximum atomic E-state index is 12.5. The van der Waals surface area contributed by atoms with E-state index in [-0.39, 0.29) is 18.2 Å². The van der Waals surface area contributed by atoms with Crippen LogP contribution in [-0.2, 0) is 23.8 Å². The van der Waals surface area contributed by atoms with Crippen LogP contribution >= 0.6 is 0 Å². The number of carbonyl (C=O) groups excluding carboxylic acids is 2. The summed E-state index contributed by atoms with van der Waals surface area (Å²) in [5, 5.41) is 0. The summed E-state index contributed by atoms with van der Waals surface area (Å²) in [7, 11) is 0. The second kappa shape index (κ2) is 8.23. The first-order valence-corrected chi connectivity index (χ1v) is 8.20. The van der Waals surface area contributed by atoms with Gasteiger partial charge in [0.2, 0.25) is 11.8 Å². The lowest BCUT2D eigenvalue weighted by Gasteiger charge is -2.25. The minimum Gasteiger partial charge on any atom is -0.377 e. The molecule has 0 unspecified atom stereocenters. The first-order valence-electron chi connectivity index (χ1n) is 8.20. The first kappa shape index (κ1) is 16.9. The number of carbonyl (C=O) groups is 2. The Morgan fingerprint density at radius 3 is 1.54 bits per heavy atom. The van der Waals surface area contributed by atoms with Gasteiger partial charge in [0, 0.05) is 13.1 Å². The van der Waals surface area contributed by atoms with Gasteiger partial charge in [-0.15, -0.1) is 0 Å². The van der Waals surface area contributed by atoms with Crippen molar-refractivity contribution in [3.8, 4) is 0 Å². The van der Waals surface area contributed by atoms with E-state index < -0.39 is 0 Å². The summed E-state index contributed by atoms with van der Waals surface area (Å²) >= 11 is 0. The van der Waals surface area contributed by atoms with Crippen LogP contribution in [0.25, 0.3) is 0 Å². The van der Waals surface area contributed by atoms with Gasteiger partial charge >= 0.3 is 0 Å². The lowest BCUT2D eigenvalue weighted by atomic mass is 10.2. The zero-order valence-corrected chi connectivity index (χ0v) is 13.6. The Kier molecular flexibility index (Phi) is 5.79. The third-order valence-corrected chi connectivity index (χ3v) is 4.03. The molecule has 7 nitrogen and oxygen atoms in total. The summed E-state index contributed by atoms with van der Waals surface area (Å²) < 4.78 is 16.5. The van der Waals surface area contributed by atoms with E-state index in [9.17, 15) is 9.59 Å². The van der Waals surface area contributed by atoms with Gasteiger partial charge in [-0.25, -0.2) is 0 Å². The zero-order valence-electron chi connectivity index (χ0n) is 13.6. The third kappa shape index (κ3) is 3.92. The van der Waals surface area contributed by atoms with Gasteiger partial charge in [-0.3, -0.25) is 9.59 Å². The van der Waals surface area contributed by atoms with Gasteiger partial charge < -0.3 is 24.0 Å². The molecular weight excluding hydrogens is 312 g/mol. The maximum absolute atomic E-state index is 12.5. The number of ether oxygens (including phenoxy) is 3. The average molecular weight is 334 g/mol. The van der Waals surface area contributed by atoms with Crippen LogP contribution < -0.4 is 9.80 Å². The Morgan fingerprint density at radius 2 is 1.08 bits per heavy atom. The van der Waals surface area contributed by atoms with E-state index >= 15 is 0 Å². The average Bonchev–Trinajstić information content (AvgIpc) is 2.68. The highest BCUT2D eigenvalue weighted by Gasteiger charge is 2.31. The van der Waals surface area contributed by atoms with E-state index in [0.717, 1.165) is 11.4 Å². The Balaban J connectivity index is 1.89. The molecule has 2 bridgehead atoms. The molecule has 2 aliphatic rings. The van der Waals surface area contributed by atoms with Crippen LogP contribution in [0.5, 0.6) is 0 Å². The van der Waals surface area contributed by atoms with Crippen molar-refractivity contribution < 1.29 is 23.8 Å². The normalized spacial score (nSPS) is 21.0. The summed E-state index contributed by atoms with van der Waals surface area (Å²) in [5.74, 6) is -0.411. The van der Waals surface area contributed by atoms with E-state index in [4.69, 9.17) is 14.2 Å². The Bertz CT molecular complexity index is 543. The number of rotatable bonds is 0. The fourth-order valence-corrected chi connectivity index (χ4v) is 2.85.